The maximum absolute atomic E-state index is 5.92. The zero-order chi connectivity index (χ0) is 15.7. The predicted molar refractivity (Wildman–Crippen MR) is 84.7 cm³/mol. The number of halogens is 4. The van der Waals surface area contributed by atoms with Gasteiger partial charge >= 0.3 is 11.9 Å². The minimum absolute atomic E-state index is 0.0179. The van der Waals surface area contributed by atoms with Crippen LogP contribution in [-0.4, -0.2) is 43.0 Å². The summed E-state index contributed by atoms with van der Waals surface area (Å²) in [6.45, 7) is 1.38. The van der Waals surface area contributed by atoms with Crippen LogP contribution < -0.4 is 4.48 Å². The van der Waals surface area contributed by atoms with Gasteiger partial charge in [-0.1, -0.05) is 0 Å². The molecular formula is C11H10Cl4N7+. The molecule has 1 saturated heterocycles. The van der Waals surface area contributed by atoms with Crippen LogP contribution in [0.25, 0.3) is 0 Å². The van der Waals surface area contributed by atoms with Crippen molar-refractivity contribution in [3.63, 3.8) is 0 Å². The minimum Gasteiger partial charge on any atom is -0.192 e. The molecule has 0 atom stereocenters. The molecule has 0 radical (unpaired) electrons. The van der Waals surface area contributed by atoms with Crippen molar-refractivity contribution in [3.05, 3.63) is 21.1 Å². The van der Waals surface area contributed by atoms with Gasteiger partial charge in [-0.15, -0.1) is 19.9 Å². The van der Waals surface area contributed by atoms with Crippen LogP contribution in [0.3, 0.4) is 0 Å². The van der Waals surface area contributed by atoms with Crippen molar-refractivity contribution in [2.75, 3.05) is 13.1 Å². The molecule has 2 aromatic rings. The Hall–Kier alpha value is -0.860. The van der Waals surface area contributed by atoms with Crippen molar-refractivity contribution in [3.8, 4) is 0 Å². The first-order chi connectivity index (χ1) is 10.5. The van der Waals surface area contributed by atoms with Gasteiger partial charge < -0.3 is 0 Å². The lowest BCUT2D eigenvalue weighted by Gasteiger charge is -2.35. The summed E-state index contributed by atoms with van der Waals surface area (Å²) < 4.78 is 0.171. The van der Waals surface area contributed by atoms with E-state index in [0.717, 1.165) is 19.3 Å². The third-order valence-corrected chi connectivity index (χ3v) is 4.16. The largest absolute Gasteiger partial charge is 0.342 e. The Kier molecular flexibility index (Phi) is 4.61. The van der Waals surface area contributed by atoms with E-state index >= 15 is 0 Å². The van der Waals surface area contributed by atoms with E-state index in [-0.39, 0.29) is 25.6 Å². The van der Waals surface area contributed by atoms with E-state index in [9.17, 15) is 0 Å². The molecule has 0 saturated carbocycles. The van der Waals surface area contributed by atoms with Crippen molar-refractivity contribution in [1.29, 1.82) is 0 Å². The van der Waals surface area contributed by atoms with Crippen molar-refractivity contribution in [1.82, 2.24) is 34.4 Å². The summed E-state index contributed by atoms with van der Waals surface area (Å²) in [6, 6.07) is 0. The molecule has 0 aromatic carbocycles. The first-order valence-corrected chi connectivity index (χ1v) is 8.03. The van der Waals surface area contributed by atoms with Crippen LogP contribution in [0.5, 0.6) is 0 Å². The van der Waals surface area contributed by atoms with Crippen molar-refractivity contribution in [2.24, 2.45) is 0 Å². The van der Waals surface area contributed by atoms with Gasteiger partial charge in [0.15, 0.2) is 0 Å². The standard InChI is InChI=1S/C11H10Cl4N7/c12-6-16-7(13)19-10(18-6)22(4-2-1-3-5-22)11-20-8(14)17-9(15)21-11/h1-5H2/q+1. The molecule has 7 nitrogen and oxygen atoms in total. The highest BCUT2D eigenvalue weighted by Crippen LogP contribution is 2.35. The Labute approximate surface area is 146 Å². The Morgan fingerprint density at radius 1 is 0.545 bits per heavy atom. The summed E-state index contributed by atoms with van der Waals surface area (Å²) in [4.78, 5) is 24.4. The lowest BCUT2D eigenvalue weighted by atomic mass is 10.1. The molecule has 1 aliphatic rings. The normalized spacial score (nSPS) is 17.5. The fourth-order valence-electron chi connectivity index (χ4n) is 2.56. The highest BCUT2D eigenvalue weighted by Gasteiger charge is 2.42. The molecule has 116 valence electrons. The molecule has 0 aliphatic carbocycles. The van der Waals surface area contributed by atoms with Crippen LogP contribution in [0.15, 0.2) is 0 Å². The average molecular weight is 382 g/mol. The van der Waals surface area contributed by atoms with Gasteiger partial charge in [0.25, 0.3) is 0 Å². The van der Waals surface area contributed by atoms with Crippen molar-refractivity contribution < 1.29 is 0 Å². The van der Waals surface area contributed by atoms with E-state index < -0.39 is 0 Å². The third-order valence-electron chi connectivity index (χ3n) is 3.48. The highest BCUT2D eigenvalue weighted by molar-refractivity contribution is 6.31. The van der Waals surface area contributed by atoms with Crippen LogP contribution in [0, 0.1) is 0 Å². The number of piperidine rings is 1. The number of hydrogen-bond acceptors (Lipinski definition) is 6. The summed E-state index contributed by atoms with van der Waals surface area (Å²) in [5.74, 6) is 0.756. The molecule has 3 rings (SSSR count). The molecule has 2 aromatic heterocycles. The number of quaternary nitrogens is 1. The molecule has 0 amide bonds. The molecule has 11 heteroatoms. The Morgan fingerprint density at radius 3 is 1.27 bits per heavy atom. The van der Waals surface area contributed by atoms with Gasteiger partial charge in [0, 0.05) is 0 Å². The van der Waals surface area contributed by atoms with Gasteiger partial charge in [-0.25, -0.2) is 0 Å². The molecule has 0 bridgehead atoms. The second kappa shape index (κ2) is 6.33. The van der Waals surface area contributed by atoms with Crippen molar-refractivity contribution >= 4 is 58.3 Å². The minimum atomic E-state index is 0.0179. The summed E-state index contributed by atoms with van der Waals surface area (Å²) in [7, 11) is 0. The molecule has 0 spiro atoms. The Bertz CT molecular complexity index is 611. The van der Waals surface area contributed by atoms with Crippen LogP contribution in [0.4, 0.5) is 11.9 Å². The Morgan fingerprint density at radius 2 is 0.909 bits per heavy atom. The maximum Gasteiger partial charge on any atom is 0.342 e. The first kappa shape index (κ1) is 16.0. The van der Waals surface area contributed by atoms with E-state index in [2.05, 4.69) is 29.9 Å². The quantitative estimate of drug-likeness (QED) is 0.741. The van der Waals surface area contributed by atoms with E-state index in [1.54, 1.807) is 0 Å². The second-order valence-corrected chi connectivity index (χ2v) is 6.17. The summed E-state index contributed by atoms with van der Waals surface area (Å²) in [5.41, 5.74) is 0. The molecular weight excluding hydrogens is 372 g/mol. The van der Waals surface area contributed by atoms with Gasteiger partial charge in [0.05, 0.1) is 13.1 Å². The smallest absolute Gasteiger partial charge is 0.192 e. The van der Waals surface area contributed by atoms with Crippen LogP contribution >= 0.6 is 46.4 Å². The number of nitrogens with zero attached hydrogens (tertiary/aromatic N) is 7. The molecule has 3 heterocycles. The lowest BCUT2D eigenvalue weighted by Crippen LogP contribution is -2.50. The molecule has 22 heavy (non-hydrogen) atoms. The third kappa shape index (κ3) is 3.09. The maximum atomic E-state index is 5.92. The summed E-state index contributed by atoms with van der Waals surface area (Å²) >= 11 is 23.7. The molecule has 0 unspecified atom stereocenters. The van der Waals surface area contributed by atoms with Crippen LogP contribution in [0.2, 0.25) is 21.1 Å². The van der Waals surface area contributed by atoms with Crippen molar-refractivity contribution in [2.45, 2.75) is 19.3 Å². The van der Waals surface area contributed by atoms with Gasteiger partial charge in [-0.2, -0.15) is 14.5 Å². The molecule has 1 fully saturated rings. The summed E-state index contributed by atoms with van der Waals surface area (Å²) in [6.07, 6.45) is 2.99. The fraction of sp³-hybridized carbons (Fsp3) is 0.455. The zero-order valence-electron chi connectivity index (χ0n) is 11.2. The first-order valence-electron chi connectivity index (χ1n) is 6.52. The topological polar surface area (TPSA) is 77.3 Å². The fourth-order valence-corrected chi connectivity index (χ4v) is 3.27. The van der Waals surface area contributed by atoms with Crippen LogP contribution in [0.1, 0.15) is 19.3 Å². The lowest BCUT2D eigenvalue weighted by molar-refractivity contribution is 0.288. The van der Waals surface area contributed by atoms with E-state index in [1.807, 2.05) is 0 Å². The summed E-state index contributed by atoms with van der Waals surface area (Å²) in [5, 5.41) is 0.0716. The second-order valence-electron chi connectivity index (χ2n) is 4.82. The molecule has 1 aliphatic heterocycles. The Balaban J connectivity index is 2.19. The predicted octanol–water partition coefficient (Wildman–Crippen LogP) is 3.49. The number of aromatic nitrogens is 6. The van der Waals surface area contributed by atoms with E-state index in [4.69, 9.17) is 46.4 Å². The zero-order valence-corrected chi connectivity index (χ0v) is 14.2. The SMILES string of the molecule is Clc1nc(Cl)nc([N+]2(c3nc(Cl)nc(Cl)n3)CCCCC2)n1. The van der Waals surface area contributed by atoms with Gasteiger partial charge in [-0.3, -0.25) is 0 Å². The monoisotopic (exact) mass is 380 g/mol. The van der Waals surface area contributed by atoms with Gasteiger partial charge in [0.2, 0.25) is 21.1 Å². The van der Waals surface area contributed by atoms with E-state index in [0.29, 0.717) is 25.0 Å². The number of rotatable bonds is 2. The van der Waals surface area contributed by atoms with Gasteiger partial charge in [-0.05, 0) is 65.7 Å². The number of hydrogen-bond donors (Lipinski definition) is 0. The van der Waals surface area contributed by atoms with E-state index in [1.165, 1.54) is 0 Å². The average Bonchev–Trinajstić information content (AvgIpc) is 2.46. The molecule has 0 N–H and O–H groups in total. The van der Waals surface area contributed by atoms with Crippen LogP contribution in [-0.2, 0) is 0 Å². The highest BCUT2D eigenvalue weighted by atomic mass is 35.5. The van der Waals surface area contributed by atoms with Gasteiger partial charge in [0.1, 0.15) is 0 Å².